The van der Waals surface area contributed by atoms with Crippen molar-refractivity contribution < 1.29 is 27.1 Å². The molecule has 3 aromatic carbocycles. The maximum Gasteiger partial charge on any atom is 0.264 e. The van der Waals surface area contributed by atoms with Gasteiger partial charge in [-0.2, -0.15) is 0 Å². The van der Waals surface area contributed by atoms with Gasteiger partial charge in [0.15, 0.2) is 5.78 Å². The number of sulfonamides is 1. The third-order valence-corrected chi connectivity index (χ3v) is 6.38. The number of carbonyl (C=O) groups is 2. The third-order valence-electron chi connectivity index (χ3n) is 4.61. The van der Waals surface area contributed by atoms with Crippen molar-refractivity contribution in [2.75, 3.05) is 23.3 Å². The predicted molar refractivity (Wildman–Crippen MR) is 119 cm³/mol. The zero-order chi connectivity index (χ0) is 23.3. The summed E-state index contributed by atoms with van der Waals surface area (Å²) < 4.78 is 46.9. The molecule has 1 N–H and O–H groups in total. The molecule has 166 valence electrons. The van der Waals surface area contributed by atoms with Gasteiger partial charge in [0, 0.05) is 11.3 Å². The van der Waals surface area contributed by atoms with Gasteiger partial charge in [-0.1, -0.05) is 24.3 Å². The van der Waals surface area contributed by atoms with E-state index in [-0.39, 0.29) is 16.4 Å². The number of amides is 1. The maximum absolute atomic E-state index is 14.5. The van der Waals surface area contributed by atoms with Crippen LogP contribution in [0.2, 0.25) is 0 Å². The van der Waals surface area contributed by atoms with Crippen LogP contribution in [-0.4, -0.2) is 33.8 Å². The monoisotopic (exact) mass is 456 g/mol. The van der Waals surface area contributed by atoms with Gasteiger partial charge in [-0.3, -0.25) is 13.9 Å². The molecule has 1 amide bonds. The van der Waals surface area contributed by atoms with E-state index in [0.29, 0.717) is 21.3 Å². The van der Waals surface area contributed by atoms with E-state index in [1.54, 1.807) is 18.2 Å². The quantitative estimate of drug-likeness (QED) is 0.520. The van der Waals surface area contributed by atoms with Crippen LogP contribution in [0.4, 0.5) is 15.8 Å². The van der Waals surface area contributed by atoms with Gasteiger partial charge in [-0.25, -0.2) is 12.8 Å². The number of hydrogen-bond donors (Lipinski definition) is 1. The lowest BCUT2D eigenvalue weighted by atomic mass is 10.1. The van der Waals surface area contributed by atoms with Gasteiger partial charge in [-0.05, 0) is 55.5 Å². The van der Waals surface area contributed by atoms with Gasteiger partial charge >= 0.3 is 0 Å². The molecule has 0 bridgehead atoms. The van der Waals surface area contributed by atoms with E-state index >= 15 is 0 Å². The summed E-state index contributed by atoms with van der Waals surface area (Å²) in [6.45, 7) is 0.710. The number of halogens is 1. The average Bonchev–Trinajstić information content (AvgIpc) is 2.78. The fraction of sp³-hybridized carbons (Fsp3) is 0.130. The Balaban J connectivity index is 1.95. The Bertz CT molecular complexity index is 1240. The molecule has 0 aliphatic carbocycles. The Hall–Kier alpha value is -3.72. The van der Waals surface area contributed by atoms with Crippen LogP contribution in [0, 0.1) is 5.82 Å². The summed E-state index contributed by atoms with van der Waals surface area (Å²) in [7, 11) is -2.84. The fourth-order valence-corrected chi connectivity index (χ4v) is 4.40. The number of nitrogens with one attached hydrogen (secondary N) is 1. The van der Waals surface area contributed by atoms with E-state index < -0.39 is 28.3 Å². The van der Waals surface area contributed by atoms with Crippen LogP contribution in [0.1, 0.15) is 17.3 Å². The molecule has 0 saturated carbocycles. The van der Waals surface area contributed by atoms with Crippen molar-refractivity contribution in [2.24, 2.45) is 0 Å². The molecular formula is C23H21FN2O5S. The Morgan fingerprint density at radius 1 is 1.00 bits per heavy atom. The SMILES string of the molecule is COc1ccc(S(=O)(=O)N(CC(=O)Nc2cccc(C(C)=O)c2)c2ccccc2F)cc1. The van der Waals surface area contributed by atoms with Crippen LogP contribution in [0.25, 0.3) is 0 Å². The topological polar surface area (TPSA) is 92.8 Å². The van der Waals surface area contributed by atoms with Gasteiger partial charge in [0.25, 0.3) is 10.0 Å². The summed E-state index contributed by atoms with van der Waals surface area (Å²) in [5.74, 6) is -1.23. The number of methoxy groups -OCH3 is 1. The molecule has 3 aromatic rings. The minimum absolute atomic E-state index is 0.132. The van der Waals surface area contributed by atoms with Crippen molar-refractivity contribution in [3.05, 3.63) is 84.2 Å². The summed E-state index contributed by atoms with van der Waals surface area (Å²) >= 11 is 0. The first-order valence-corrected chi connectivity index (χ1v) is 11.0. The van der Waals surface area contributed by atoms with Gasteiger partial charge in [-0.15, -0.1) is 0 Å². The zero-order valence-corrected chi connectivity index (χ0v) is 18.2. The molecule has 0 saturated heterocycles. The Morgan fingerprint density at radius 3 is 2.31 bits per heavy atom. The summed E-state index contributed by atoms with van der Waals surface area (Å²) in [5, 5.41) is 2.56. The predicted octanol–water partition coefficient (Wildman–Crippen LogP) is 3.87. The van der Waals surface area contributed by atoms with Crippen LogP contribution < -0.4 is 14.4 Å². The smallest absolute Gasteiger partial charge is 0.264 e. The first kappa shape index (κ1) is 23.0. The molecule has 0 aliphatic heterocycles. The number of hydrogen-bond acceptors (Lipinski definition) is 5. The number of Topliss-reactive ketones (excluding diaryl/α,β-unsaturated/α-hetero) is 1. The minimum Gasteiger partial charge on any atom is -0.497 e. The summed E-state index contributed by atoms with van der Waals surface area (Å²) in [6.07, 6.45) is 0. The Labute approximate surface area is 185 Å². The molecular weight excluding hydrogens is 435 g/mol. The van der Waals surface area contributed by atoms with Crippen molar-refractivity contribution in [2.45, 2.75) is 11.8 Å². The largest absolute Gasteiger partial charge is 0.497 e. The fourth-order valence-electron chi connectivity index (χ4n) is 2.98. The molecule has 32 heavy (non-hydrogen) atoms. The molecule has 0 aliphatic rings. The second kappa shape index (κ2) is 9.61. The first-order chi connectivity index (χ1) is 15.2. The normalized spacial score (nSPS) is 11.0. The van der Waals surface area contributed by atoms with Crippen molar-refractivity contribution in [3.63, 3.8) is 0 Å². The molecule has 0 aromatic heterocycles. The number of carbonyl (C=O) groups excluding carboxylic acids is 2. The molecule has 0 unspecified atom stereocenters. The number of ether oxygens (including phenoxy) is 1. The number of anilines is 2. The summed E-state index contributed by atoms with van der Waals surface area (Å²) in [6, 6.07) is 17.1. The first-order valence-electron chi connectivity index (χ1n) is 9.54. The highest BCUT2D eigenvalue weighted by atomic mass is 32.2. The molecule has 0 radical (unpaired) electrons. The molecule has 0 heterocycles. The standard InChI is InChI=1S/C23H21FN2O5S/c1-16(27)17-6-5-7-18(14-17)25-23(28)15-26(22-9-4-3-8-21(22)24)32(29,30)20-12-10-19(31-2)11-13-20/h3-14H,15H2,1-2H3,(H,25,28). The highest BCUT2D eigenvalue weighted by molar-refractivity contribution is 7.92. The lowest BCUT2D eigenvalue weighted by Crippen LogP contribution is -2.38. The number of para-hydroxylation sites is 1. The second-order valence-electron chi connectivity index (χ2n) is 6.82. The molecule has 0 fully saturated rings. The number of benzene rings is 3. The molecule has 0 atom stereocenters. The van der Waals surface area contributed by atoms with Gasteiger partial charge in [0.2, 0.25) is 5.91 Å². The summed E-state index contributed by atoms with van der Waals surface area (Å²) in [4.78, 5) is 24.2. The van der Waals surface area contributed by atoms with E-state index in [9.17, 15) is 22.4 Å². The van der Waals surface area contributed by atoms with Crippen LogP contribution in [0.15, 0.2) is 77.7 Å². The van der Waals surface area contributed by atoms with E-state index in [1.807, 2.05) is 0 Å². The second-order valence-corrected chi connectivity index (χ2v) is 8.69. The zero-order valence-electron chi connectivity index (χ0n) is 17.4. The van der Waals surface area contributed by atoms with Crippen molar-refractivity contribution in [3.8, 4) is 5.75 Å². The van der Waals surface area contributed by atoms with Crippen molar-refractivity contribution >= 4 is 33.1 Å². The van der Waals surface area contributed by atoms with Crippen LogP contribution in [0.5, 0.6) is 5.75 Å². The highest BCUT2D eigenvalue weighted by Gasteiger charge is 2.29. The summed E-state index contributed by atoms with van der Waals surface area (Å²) in [5.41, 5.74) is 0.439. The Kier molecular flexibility index (Phi) is 6.89. The minimum atomic E-state index is -4.29. The maximum atomic E-state index is 14.5. The molecule has 7 nitrogen and oxygen atoms in total. The number of rotatable bonds is 8. The lowest BCUT2D eigenvalue weighted by molar-refractivity contribution is -0.114. The molecule has 0 spiro atoms. The van der Waals surface area contributed by atoms with Crippen LogP contribution in [0.3, 0.4) is 0 Å². The van der Waals surface area contributed by atoms with Gasteiger partial charge < -0.3 is 10.1 Å². The van der Waals surface area contributed by atoms with E-state index in [4.69, 9.17) is 4.74 Å². The van der Waals surface area contributed by atoms with Crippen LogP contribution in [-0.2, 0) is 14.8 Å². The van der Waals surface area contributed by atoms with Crippen molar-refractivity contribution in [1.82, 2.24) is 0 Å². The Morgan fingerprint density at radius 2 is 1.69 bits per heavy atom. The molecule has 3 rings (SSSR count). The van der Waals surface area contributed by atoms with E-state index in [0.717, 1.165) is 6.07 Å². The average molecular weight is 456 g/mol. The van der Waals surface area contributed by atoms with Gasteiger partial charge in [0.1, 0.15) is 18.1 Å². The highest BCUT2D eigenvalue weighted by Crippen LogP contribution is 2.27. The van der Waals surface area contributed by atoms with E-state index in [1.165, 1.54) is 62.6 Å². The number of ketones is 1. The molecule has 9 heteroatoms. The lowest BCUT2D eigenvalue weighted by Gasteiger charge is -2.24. The third kappa shape index (κ3) is 5.12. The van der Waals surface area contributed by atoms with Crippen molar-refractivity contribution in [1.29, 1.82) is 0 Å². The van der Waals surface area contributed by atoms with Crippen LogP contribution >= 0.6 is 0 Å². The number of nitrogens with zero attached hydrogens (tertiary/aromatic N) is 1. The van der Waals surface area contributed by atoms with Gasteiger partial charge in [0.05, 0.1) is 17.7 Å². The van der Waals surface area contributed by atoms with E-state index in [2.05, 4.69) is 5.32 Å².